The van der Waals surface area contributed by atoms with Gasteiger partial charge in [0.05, 0.1) is 6.61 Å². The molecular weight excluding hydrogens is 316 g/mol. The molecule has 3 rings (SSSR count). The second-order valence-electron chi connectivity index (χ2n) is 5.73. The summed E-state index contributed by atoms with van der Waals surface area (Å²) < 4.78 is 7.39. The molecule has 25 heavy (non-hydrogen) atoms. The lowest BCUT2D eigenvalue weighted by Gasteiger charge is -2.08. The summed E-state index contributed by atoms with van der Waals surface area (Å²) in [6.07, 6.45) is 4.60. The minimum atomic E-state index is -0.220. The van der Waals surface area contributed by atoms with E-state index in [4.69, 9.17) is 4.74 Å². The van der Waals surface area contributed by atoms with E-state index in [0.717, 1.165) is 28.9 Å². The molecule has 0 radical (unpaired) electrons. The molecule has 0 spiro atoms. The number of amides is 2. The van der Waals surface area contributed by atoms with Crippen LogP contribution in [0.15, 0.2) is 48.8 Å². The molecule has 2 heterocycles. The highest BCUT2D eigenvalue weighted by Gasteiger charge is 2.07. The van der Waals surface area contributed by atoms with Gasteiger partial charge in [-0.15, -0.1) is 0 Å². The number of pyridine rings is 1. The van der Waals surface area contributed by atoms with Gasteiger partial charge in [-0.2, -0.15) is 0 Å². The van der Waals surface area contributed by atoms with Gasteiger partial charge in [0.25, 0.3) is 0 Å². The lowest BCUT2D eigenvalue weighted by Crippen LogP contribution is -2.30. The van der Waals surface area contributed by atoms with Crippen molar-refractivity contribution in [2.45, 2.75) is 13.3 Å². The van der Waals surface area contributed by atoms with E-state index >= 15 is 0 Å². The van der Waals surface area contributed by atoms with Gasteiger partial charge in [0.15, 0.2) is 0 Å². The van der Waals surface area contributed by atoms with Crippen molar-refractivity contribution in [1.82, 2.24) is 14.9 Å². The zero-order valence-electron chi connectivity index (χ0n) is 14.5. The minimum absolute atomic E-state index is 0.220. The predicted octanol–water partition coefficient (Wildman–Crippen LogP) is 3.34. The van der Waals surface area contributed by atoms with Gasteiger partial charge < -0.3 is 19.9 Å². The first-order valence-corrected chi connectivity index (χ1v) is 8.34. The molecule has 0 atom stereocenters. The van der Waals surface area contributed by atoms with E-state index in [0.29, 0.717) is 13.2 Å². The first-order valence-electron chi connectivity index (χ1n) is 8.34. The van der Waals surface area contributed by atoms with Crippen molar-refractivity contribution in [2.75, 3.05) is 18.5 Å². The Labute approximate surface area is 146 Å². The average molecular weight is 338 g/mol. The number of fused-ring (bicyclic) bond motifs is 1. The molecule has 0 saturated heterocycles. The van der Waals surface area contributed by atoms with Crippen molar-refractivity contribution in [3.8, 4) is 5.75 Å². The Kier molecular flexibility index (Phi) is 5.18. The molecule has 0 unspecified atom stereocenters. The number of aromatic nitrogens is 2. The Balaban J connectivity index is 1.52. The van der Waals surface area contributed by atoms with Crippen LogP contribution in [0.3, 0.4) is 0 Å². The number of anilines is 1. The Morgan fingerprint density at radius 1 is 1.24 bits per heavy atom. The third-order valence-electron chi connectivity index (χ3n) is 3.92. The minimum Gasteiger partial charge on any atom is -0.494 e. The Hall–Kier alpha value is -3.02. The lowest BCUT2D eigenvalue weighted by molar-refractivity contribution is 0.252. The maximum atomic E-state index is 12.0. The molecule has 0 bridgehead atoms. The average Bonchev–Trinajstić information content (AvgIpc) is 2.93. The maximum Gasteiger partial charge on any atom is 0.319 e. The second kappa shape index (κ2) is 7.70. The van der Waals surface area contributed by atoms with E-state index in [2.05, 4.69) is 27.9 Å². The fourth-order valence-electron chi connectivity index (χ4n) is 2.78. The van der Waals surface area contributed by atoms with Crippen molar-refractivity contribution in [2.24, 2.45) is 7.05 Å². The Morgan fingerprint density at radius 3 is 2.80 bits per heavy atom. The number of urea groups is 1. The number of carbonyl (C=O) groups excluding carboxylic acids is 1. The number of carbonyl (C=O) groups is 1. The smallest absolute Gasteiger partial charge is 0.319 e. The molecule has 0 saturated carbocycles. The van der Waals surface area contributed by atoms with Crippen molar-refractivity contribution >= 4 is 22.8 Å². The maximum absolute atomic E-state index is 12.0. The van der Waals surface area contributed by atoms with E-state index in [-0.39, 0.29) is 6.03 Å². The van der Waals surface area contributed by atoms with Crippen LogP contribution in [0.4, 0.5) is 10.5 Å². The van der Waals surface area contributed by atoms with Crippen LogP contribution in [0.5, 0.6) is 5.75 Å². The number of benzene rings is 1. The largest absolute Gasteiger partial charge is 0.494 e. The van der Waals surface area contributed by atoms with Crippen LogP contribution in [-0.2, 0) is 13.5 Å². The van der Waals surface area contributed by atoms with Crippen LogP contribution in [-0.4, -0.2) is 28.7 Å². The quantitative estimate of drug-likeness (QED) is 0.724. The van der Waals surface area contributed by atoms with Crippen molar-refractivity contribution in [3.63, 3.8) is 0 Å². The highest BCUT2D eigenvalue weighted by Crippen LogP contribution is 2.18. The summed E-state index contributed by atoms with van der Waals surface area (Å²) in [5, 5.41) is 6.82. The summed E-state index contributed by atoms with van der Waals surface area (Å²) in [6.45, 7) is 3.11. The summed E-state index contributed by atoms with van der Waals surface area (Å²) >= 11 is 0. The fraction of sp³-hybridized carbons (Fsp3) is 0.263. The second-order valence-corrected chi connectivity index (χ2v) is 5.73. The zero-order valence-corrected chi connectivity index (χ0v) is 14.5. The number of hydrogen-bond acceptors (Lipinski definition) is 3. The summed E-state index contributed by atoms with van der Waals surface area (Å²) in [4.78, 5) is 16.4. The molecule has 0 aliphatic rings. The van der Waals surface area contributed by atoms with E-state index < -0.39 is 0 Å². The molecular formula is C19H22N4O2. The van der Waals surface area contributed by atoms with E-state index in [9.17, 15) is 4.79 Å². The molecule has 2 N–H and O–H groups in total. The van der Waals surface area contributed by atoms with Crippen LogP contribution in [0.2, 0.25) is 0 Å². The van der Waals surface area contributed by atoms with Gasteiger partial charge >= 0.3 is 6.03 Å². The third-order valence-corrected chi connectivity index (χ3v) is 3.92. The van der Waals surface area contributed by atoms with Gasteiger partial charge in [0.2, 0.25) is 0 Å². The standard InChI is InChI=1S/C19H22N4O2/c1-3-25-16-8-6-15(7-9-16)22-19(24)21-12-10-14-13-23(2)18-17(14)5-4-11-20-18/h4-9,11,13H,3,10,12H2,1-2H3,(H2,21,22,24). The van der Waals surface area contributed by atoms with Crippen LogP contribution in [0, 0.1) is 0 Å². The predicted molar refractivity (Wildman–Crippen MR) is 99.1 cm³/mol. The SMILES string of the molecule is CCOc1ccc(NC(=O)NCCc2cn(C)c3ncccc23)cc1. The number of nitrogens with zero attached hydrogens (tertiary/aromatic N) is 2. The monoisotopic (exact) mass is 338 g/mol. The molecule has 2 amide bonds. The van der Waals surface area contributed by atoms with Gasteiger partial charge in [-0.25, -0.2) is 9.78 Å². The summed E-state index contributed by atoms with van der Waals surface area (Å²) in [5.74, 6) is 0.790. The summed E-state index contributed by atoms with van der Waals surface area (Å²) in [5.41, 5.74) is 2.86. The van der Waals surface area contributed by atoms with Gasteiger partial charge in [-0.3, -0.25) is 0 Å². The molecule has 0 aliphatic heterocycles. The van der Waals surface area contributed by atoms with Crippen molar-refractivity contribution < 1.29 is 9.53 Å². The van der Waals surface area contributed by atoms with Gasteiger partial charge in [0.1, 0.15) is 11.4 Å². The first kappa shape index (κ1) is 16.8. The Morgan fingerprint density at radius 2 is 2.04 bits per heavy atom. The number of ether oxygens (including phenoxy) is 1. The molecule has 0 aliphatic carbocycles. The van der Waals surface area contributed by atoms with Gasteiger partial charge in [-0.05, 0) is 55.3 Å². The van der Waals surface area contributed by atoms with Crippen LogP contribution < -0.4 is 15.4 Å². The van der Waals surface area contributed by atoms with Crippen molar-refractivity contribution in [1.29, 1.82) is 0 Å². The normalized spacial score (nSPS) is 10.6. The zero-order chi connectivity index (χ0) is 17.6. The molecule has 6 heteroatoms. The van der Waals surface area contributed by atoms with Crippen LogP contribution >= 0.6 is 0 Å². The topological polar surface area (TPSA) is 68.2 Å². The third kappa shape index (κ3) is 4.09. The number of nitrogens with one attached hydrogen (secondary N) is 2. The van der Waals surface area contributed by atoms with Crippen LogP contribution in [0.1, 0.15) is 12.5 Å². The van der Waals surface area contributed by atoms with Crippen LogP contribution in [0.25, 0.3) is 11.0 Å². The summed E-state index contributed by atoms with van der Waals surface area (Å²) in [6, 6.07) is 11.1. The number of aryl methyl sites for hydroxylation is 1. The summed E-state index contributed by atoms with van der Waals surface area (Å²) in [7, 11) is 1.98. The molecule has 3 aromatic rings. The van der Waals surface area contributed by atoms with Crippen molar-refractivity contribution in [3.05, 3.63) is 54.4 Å². The molecule has 2 aromatic heterocycles. The van der Waals surface area contributed by atoms with Gasteiger partial charge in [0, 0.05) is 37.1 Å². The van der Waals surface area contributed by atoms with E-state index in [1.165, 1.54) is 5.56 Å². The lowest BCUT2D eigenvalue weighted by atomic mass is 10.1. The highest BCUT2D eigenvalue weighted by molar-refractivity contribution is 5.89. The Bertz CT molecular complexity index is 855. The van der Waals surface area contributed by atoms with E-state index in [1.54, 1.807) is 6.20 Å². The molecule has 0 fully saturated rings. The number of hydrogen-bond donors (Lipinski definition) is 2. The first-order chi connectivity index (χ1) is 12.2. The van der Waals surface area contributed by atoms with E-state index in [1.807, 2.05) is 48.9 Å². The van der Waals surface area contributed by atoms with Gasteiger partial charge in [-0.1, -0.05) is 0 Å². The molecule has 130 valence electrons. The fourth-order valence-corrected chi connectivity index (χ4v) is 2.78. The number of rotatable bonds is 6. The molecule has 1 aromatic carbocycles. The highest BCUT2D eigenvalue weighted by atomic mass is 16.5. The molecule has 6 nitrogen and oxygen atoms in total.